The maximum absolute atomic E-state index is 9.58. The summed E-state index contributed by atoms with van der Waals surface area (Å²) in [6, 6.07) is 3.01. The first-order chi connectivity index (χ1) is 3.93. The minimum atomic E-state index is 0.167. The first-order valence-corrected chi connectivity index (χ1v) is 1.99. The summed E-state index contributed by atoms with van der Waals surface area (Å²) >= 11 is 0. The zero-order chi connectivity index (χ0) is 5.82. The van der Waals surface area contributed by atoms with Gasteiger partial charge in [0.2, 0.25) is 0 Å². The van der Waals surface area contributed by atoms with Gasteiger partial charge in [0.15, 0.2) is 6.26 Å². The second kappa shape index (κ2) is 2.16. The summed E-state index contributed by atoms with van der Waals surface area (Å²) < 4.78 is 8.76. The molecule has 1 heterocycles. The van der Waals surface area contributed by atoms with E-state index in [-0.39, 0.29) is 5.95 Å². The first kappa shape index (κ1) is 4.90. The second-order valence-corrected chi connectivity index (χ2v) is 1.09. The number of furan rings is 1. The molecule has 0 spiro atoms. The molecule has 0 saturated heterocycles. The molecule has 0 aliphatic rings. The van der Waals surface area contributed by atoms with Crippen molar-refractivity contribution < 1.29 is 13.9 Å². The molecule has 0 unspecified atom stereocenters. The zero-order valence-electron chi connectivity index (χ0n) is 3.96. The van der Waals surface area contributed by atoms with Crippen molar-refractivity contribution in [2.45, 2.75) is 0 Å². The number of ether oxygens (including phenoxy) is 1. The summed E-state index contributed by atoms with van der Waals surface area (Å²) in [7, 11) is 0. The lowest BCUT2D eigenvalue weighted by molar-refractivity contribution is -0.121. The quantitative estimate of drug-likeness (QED) is 0.525. The molecule has 8 heavy (non-hydrogen) atoms. The highest BCUT2D eigenvalue weighted by atomic mass is 16.6. The molecular weight excluding hydrogens is 108 g/mol. The molecule has 0 aliphatic heterocycles. The zero-order valence-corrected chi connectivity index (χ0v) is 3.96. The minimum Gasteiger partial charge on any atom is -0.422 e. The van der Waals surface area contributed by atoms with E-state index in [4.69, 9.17) is 0 Å². The molecule has 0 saturated carbocycles. The fourth-order valence-corrected chi connectivity index (χ4v) is 0.339. The van der Waals surface area contributed by atoms with Gasteiger partial charge in [0, 0.05) is 6.07 Å². The van der Waals surface area contributed by atoms with Gasteiger partial charge >= 0.3 is 6.47 Å². The van der Waals surface area contributed by atoms with E-state index in [9.17, 15) is 4.79 Å². The van der Waals surface area contributed by atoms with Crippen molar-refractivity contribution in [1.29, 1.82) is 0 Å². The summed E-state index contributed by atoms with van der Waals surface area (Å²) in [5.74, 6) is 0.167. The van der Waals surface area contributed by atoms with Crippen LogP contribution in [0.15, 0.2) is 16.5 Å². The van der Waals surface area contributed by atoms with Crippen molar-refractivity contribution in [3.8, 4) is 5.95 Å². The highest BCUT2D eigenvalue weighted by Crippen LogP contribution is 2.06. The molecule has 0 bridgehead atoms. The van der Waals surface area contributed by atoms with Crippen LogP contribution in [0.25, 0.3) is 0 Å². The van der Waals surface area contributed by atoms with Gasteiger partial charge in [-0.1, -0.05) is 0 Å². The van der Waals surface area contributed by atoms with Crippen molar-refractivity contribution in [1.82, 2.24) is 0 Å². The van der Waals surface area contributed by atoms with Crippen LogP contribution >= 0.6 is 0 Å². The lowest BCUT2D eigenvalue weighted by Gasteiger charge is -1.83. The van der Waals surface area contributed by atoms with Crippen molar-refractivity contribution in [3.05, 3.63) is 18.4 Å². The molecule has 3 heteroatoms. The van der Waals surface area contributed by atoms with Gasteiger partial charge < -0.3 is 9.15 Å². The molecule has 0 atom stereocenters. The lowest BCUT2D eigenvalue weighted by atomic mass is 10.7. The molecule has 0 amide bonds. The summed E-state index contributed by atoms with van der Waals surface area (Å²) in [6.45, 7) is 0.298. The normalized spacial score (nSPS) is 8.50. The van der Waals surface area contributed by atoms with Gasteiger partial charge in [-0.2, -0.15) is 0 Å². The molecular formula is C5H3O3. The molecule has 0 aliphatic carbocycles. The van der Waals surface area contributed by atoms with Crippen molar-refractivity contribution >= 4 is 6.47 Å². The average molecular weight is 111 g/mol. The van der Waals surface area contributed by atoms with E-state index in [1.54, 1.807) is 0 Å². The molecule has 41 valence electrons. The largest absolute Gasteiger partial charge is 0.422 e. The molecule has 1 rings (SSSR count). The lowest BCUT2D eigenvalue weighted by Crippen LogP contribution is -1.83. The topological polar surface area (TPSA) is 39.4 Å². The molecule has 0 fully saturated rings. The van der Waals surface area contributed by atoms with E-state index in [0.717, 1.165) is 0 Å². The third-order valence-electron chi connectivity index (χ3n) is 0.611. The van der Waals surface area contributed by atoms with Crippen LogP contribution < -0.4 is 4.74 Å². The predicted molar refractivity (Wildman–Crippen MR) is 24.2 cm³/mol. The minimum absolute atomic E-state index is 0.167. The first-order valence-electron chi connectivity index (χ1n) is 1.99. The number of carbonyl (C=O) groups is 1. The van der Waals surface area contributed by atoms with E-state index >= 15 is 0 Å². The van der Waals surface area contributed by atoms with Gasteiger partial charge in [-0.25, -0.2) is 0 Å². The Morgan fingerprint density at radius 2 is 2.75 bits per heavy atom. The number of hydrogen-bond acceptors (Lipinski definition) is 3. The highest BCUT2D eigenvalue weighted by Gasteiger charge is 1.90. The Hall–Kier alpha value is -1.25. The van der Waals surface area contributed by atoms with Crippen LogP contribution in [0.4, 0.5) is 0 Å². The van der Waals surface area contributed by atoms with Crippen LogP contribution in [0.2, 0.25) is 0 Å². The van der Waals surface area contributed by atoms with Crippen LogP contribution in [0.1, 0.15) is 0 Å². The second-order valence-electron chi connectivity index (χ2n) is 1.09. The Balaban J connectivity index is 2.62. The number of rotatable bonds is 2. The Labute approximate surface area is 45.9 Å². The van der Waals surface area contributed by atoms with Gasteiger partial charge in [0.1, 0.15) is 0 Å². The van der Waals surface area contributed by atoms with Gasteiger partial charge in [-0.05, 0) is 6.07 Å². The van der Waals surface area contributed by atoms with Crippen LogP contribution in [0.5, 0.6) is 5.95 Å². The Kier molecular flexibility index (Phi) is 1.32. The van der Waals surface area contributed by atoms with E-state index in [1.165, 1.54) is 12.1 Å². The summed E-state index contributed by atoms with van der Waals surface area (Å²) in [6.07, 6.45) is 2.36. The third kappa shape index (κ3) is 0.872. The smallest absolute Gasteiger partial charge is 0.300 e. The molecule has 3 nitrogen and oxygen atoms in total. The fourth-order valence-electron chi connectivity index (χ4n) is 0.339. The number of carbonyl (C=O) groups excluding carboxylic acids is 1. The molecule has 0 aromatic carbocycles. The SMILES string of the molecule is O=COc1cc[c]o1. The molecule has 1 radical (unpaired) electrons. The van der Waals surface area contributed by atoms with Crippen LogP contribution in [0, 0.1) is 6.26 Å². The summed E-state index contributed by atoms with van der Waals surface area (Å²) in [5, 5.41) is 0. The third-order valence-corrected chi connectivity index (χ3v) is 0.611. The Bertz CT molecular complexity index is 154. The van der Waals surface area contributed by atoms with Crippen molar-refractivity contribution in [2.24, 2.45) is 0 Å². The fraction of sp³-hybridized carbons (Fsp3) is 0. The van der Waals surface area contributed by atoms with E-state index in [0.29, 0.717) is 6.47 Å². The standard InChI is InChI=1S/C5H3O3/c6-4-8-5-2-1-3-7-5/h1-2,4H. The van der Waals surface area contributed by atoms with Crippen molar-refractivity contribution in [3.63, 3.8) is 0 Å². The average Bonchev–Trinajstić information content (AvgIpc) is 2.19. The number of hydrogen-bond donors (Lipinski definition) is 0. The van der Waals surface area contributed by atoms with Gasteiger partial charge in [-0.3, -0.25) is 4.79 Å². The van der Waals surface area contributed by atoms with Crippen LogP contribution in [0.3, 0.4) is 0 Å². The molecule has 0 N–H and O–H groups in total. The Morgan fingerprint density at radius 1 is 1.88 bits per heavy atom. The maximum atomic E-state index is 9.58. The maximum Gasteiger partial charge on any atom is 0.300 e. The highest BCUT2D eigenvalue weighted by molar-refractivity contribution is 5.41. The summed E-state index contributed by atoms with van der Waals surface area (Å²) in [4.78, 5) is 9.58. The van der Waals surface area contributed by atoms with Crippen LogP contribution in [-0.2, 0) is 4.79 Å². The van der Waals surface area contributed by atoms with Crippen LogP contribution in [-0.4, -0.2) is 6.47 Å². The Morgan fingerprint density at radius 3 is 3.25 bits per heavy atom. The molecule has 1 aromatic heterocycles. The van der Waals surface area contributed by atoms with E-state index < -0.39 is 0 Å². The van der Waals surface area contributed by atoms with Gasteiger partial charge in [0.05, 0.1) is 0 Å². The molecule has 1 aromatic rings. The summed E-state index contributed by atoms with van der Waals surface area (Å²) in [5.41, 5.74) is 0. The van der Waals surface area contributed by atoms with E-state index in [1.807, 2.05) is 0 Å². The monoisotopic (exact) mass is 111 g/mol. The van der Waals surface area contributed by atoms with Gasteiger partial charge in [-0.15, -0.1) is 0 Å². The van der Waals surface area contributed by atoms with Gasteiger partial charge in [0.25, 0.3) is 5.95 Å². The van der Waals surface area contributed by atoms with Crippen molar-refractivity contribution in [2.75, 3.05) is 0 Å². The predicted octanol–water partition coefficient (Wildman–Crippen LogP) is 0.615. The van der Waals surface area contributed by atoms with E-state index in [2.05, 4.69) is 15.4 Å².